The second kappa shape index (κ2) is 9.35. The van der Waals surface area contributed by atoms with Gasteiger partial charge in [-0.2, -0.15) is 13.2 Å². The van der Waals surface area contributed by atoms with E-state index in [1.165, 1.54) is 18.3 Å². The smallest absolute Gasteiger partial charge is 0.370 e. The Bertz CT molecular complexity index is 870. The molecule has 3 rings (SSSR count). The van der Waals surface area contributed by atoms with Gasteiger partial charge in [-0.1, -0.05) is 6.07 Å². The lowest BCUT2D eigenvalue weighted by Gasteiger charge is -2.21. The summed E-state index contributed by atoms with van der Waals surface area (Å²) in [7, 11) is 0. The van der Waals surface area contributed by atoms with Crippen LogP contribution in [0.25, 0.3) is 0 Å². The van der Waals surface area contributed by atoms with Crippen LogP contribution >= 0.6 is 0 Å². The van der Waals surface area contributed by atoms with Gasteiger partial charge in [0.1, 0.15) is 5.82 Å². The van der Waals surface area contributed by atoms with E-state index in [9.17, 15) is 18.0 Å². The number of carbonyl (C=O) groups excluding carboxylic acids is 1. The maximum absolute atomic E-state index is 13.5. The van der Waals surface area contributed by atoms with Crippen molar-refractivity contribution in [2.75, 3.05) is 25.0 Å². The van der Waals surface area contributed by atoms with Crippen molar-refractivity contribution >= 4 is 11.7 Å². The van der Waals surface area contributed by atoms with E-state index in [2.05, 4.69) is 31.1 Å². The first-order valence-electron chi connectivity index (χ1n) is 9.58. The quantitative estimate of drug-likeness (QED) is 0.540. The highest BCUT2D eigenvalue weighted by Crippen LogP contribution is 2.32. The van der Waals surface area contributed by atoms with Crippen LogP contribution < -0.4 is 21.5 Å². The number of amides is 1. The SMILES string of the molecule is Cc1nc(C(=O)NC(c2cccnc2)C(F)(F)F)nc(NCCC2CNNC2)c1C. The van der Waals surface area contributed by atoms with Crippen LogP contribution in [0.3, 0.4) is 0 Å². The molecule has 4 N–H and O–H groups in total. The monoisotopic (exact) mass is 423 g/mol. The molecule has 0 radical (unpaired) electrons. The Morgan fingerprint density at radius 3 is 2.63 bits per heavy atom. The van der Waals surface area contributed by atoms with Gasteiger partial charge < -0.3 is 10.6 Å². The maximum Gasteiger partial charge on any atom is 0.412 e. The van der Waals surface area contributed by atoms with Gasteiger partial charge in [0.2, 0.25) is 5.82 Å². The largest absolute Gasteiger partial charge is 0.412 e. The molecule has 1 amide bonds. The second-order valence-corrected chi connectivity index (χ2v) is 7.18. The van der Waals surface area contributed by atoms with E-state index in [0.29, 0.717) is 24.0 Å². The molecule has 0 aromatic carbocycles. The third-order valence-electron chi connectivity index (χ3n) is 4.96. The summed E-state index contributed by atoms with van der Waals surface area (Å²) >= 11 is 0. The van der Waals surface area contributed by atoms with Gasteiger partial charge in [0.15, 0.2) is 6.04 Å². The number of hydrogen-bond donors (Lipinski definition) is 4. The first-order chi connectivity index (χ1) is 14.3. The molecule has 0 aliphatic carbocycles. The van der Waals surface area contributed by atoms with Gasteiger partial charge in [-0.3, -0.25) is 20.6 Å². The van der Waals surface area contributed by atoms with E-state index in [-0.39, 0.29) is 11.4 Å². The number of halogens is 3. The summed E-state index contributed by atoms with van der Waals surface area (Å²) in [5.41, 5.74) is 7.21. The topological polar surface area (TPSA) is 104 Å². The van der Waals surface area contributed by atoms with Gasteiger partial charge in [-0.25, -0.2) is 9.97 Å². The average molecular weight is 423 g/mol. The lowest BCUT2D eigenvalue weighted by Crippen LogP contribution is -2.39. The molecule has 8 nitrogen and oxygen atoms in total. The van der Waals surface area contributed by atoms with Crippen molar-refractivity contribution in [3.63, 3.8) is 0 Å². The number of carbonyl (C=O) groups is 1. The zero-order valence-electron chi connectivity index (χ0n) is 16.7. The summed E-state index contributed by atoms with van der Waals surface area (Å²) in [6.07, 6.45) is -1.38. The predicted molar refractivity (Wildman–Crippen MR) is 105 cm³/mol. The van der Waals surface area contributed by atoms with Crippen molar-refractivity contribution in [2.24, 2.45) is 5.92 Å². The molecule has 2 aromatic rings. The molecule has 1 fully saturated rings. The van der Waals surface area contributed by atoms with Crippen LogP contribution in [0.5, 0.6) is 0 Å². The van der Waals surface area contributed by atoms with Crippen LogP contribution in [0.15, 0.2) is 24.5 Å². The second-order valence-electron chi connectivity index (χ2n) is 7.18. The number of anilines is 1. The molecule has 11 heteroatoms. The zero-order valence-corrected chi connectivity index (χ0v) is 16.7. The third-order valence-corrected chi connectivity index (χ3v) is 4.96. The summed E-state index contributed by atoms with van der Waals surface area (Å²) in [4.78, 5) is 24.5. The molecule has 0 saturated carbocycles. The zero-order chi connectivity index (χ0) is 21.7. The molecule has 1 aliphatic heterocycles. The summed E-state index contributed by atoms with van der Waals surface area (Å²) in [6, 6.07) is 0.430. The Hall–Kier alpha value is -2.79. The molecular formula is C19H24F3N7O. The van der Waals surface area contributed by atoms with Crippen LogP contribution in [-0.2, 0) is 0 Å². The van der Waals surface area contributed by atoms with Crippen LogP contribution in [0, 0.1) is 19.8 Å². The summed E-state index contributed by atoms with van der Waals surface area (Å²) in [5, 5.41) is 5.16. The molecule has 162 valence electrons. The van der Waals surface area contributed by atoms with E-state index < -0.39 is 18.1 Å². The fourth-order valence-corrected chi connectivity index (χ4v) is 3.10. The number of hydrazine groups is 1. The van der Waals surface area contributed by atoms with Gasteiger partial charge in [0.25, 0.3) is 5.91 Å². The lowest BCUT2D eigenvalue weighted by atomic mass is 10.1. The summed E-state index contributed by atoms with van der Waals surface area (Å²) in [5.74, 6) is -0.411. The van der Waals surface area contributed by atoms with Crippen LogP contribution in [0.1, 0.15) is 39.9 Å². The summed E-state index contributed by atoms with van der Waals surface area (Å²) < 4.78 is 40.5. The van der Waals surface area contributed by atoms with Gasteiger partial charge >= 0.3 is 6.18 Å². The number of alkyl halides is 3. The Labute approximate surface area is 172 Å². The van der Waals surface area contributed by atoms with E-state index in [1.54, 1.807) is 13.8 Å². The minimum atomic E-state index is -4.69. The third kappa shape index (κ3) is 5.42. The molecule has 2 aromatic heterocycles. The normalized spacial score (nSPS) is 15.8. The average Bonchev–Trinajstić information content (AvgIpc) is 3.22. The minimum Gasteiger partial charge on any atom is -0.370 e. The number of pyridine rings is 1. The van der Waals surface area contributed by atoms with Crippen LogP contribution in [-0.4, -0.2) is 46.7 Å². The van der Waals surface area contributed by atoms with E-state index >= 15 is 0 Å². The highest BCUT2D eigenvalue weighted by atomic mass is 19.4. The number of nitrogens with zero attached hydrogens (tertiary/aromatic N) is 3. The summed E-state index contributed by atoms with van der Waals surface area (Å²) in [6.45, 7) is 5.83. The van der Waals surface area contributed by atoms with Crippen molar-refractivity contribution in [1.29, 1.82) is 0 Å². The fraction of sp³-hybridized carbons (Fsp3) is 0.474. The van der Waals surface area contributed by atoms with Crippen molar-refractivity contribution in [1.82, 2.24) is 31.1 Å². The van der Waals surface area contributed by atoms with Gasteiger partial charge in [0, 0.05) is 48.8 Å². The molecule has 1 unspecified atom stereocenters. The van der Waals surface area contributed by atoms with E-state index in [0.717, 1.165) is 31.3 Å². The Kier molecular flexibility index (Phi) is 6.83. The number of aryl methyl sites for hydroxylation is 1. The molecule has 1 saturated heterocycles. The molecule has 3 heterocycles. The number of nitrogens with one attached hydrogen (secondary N) is 4. The number of aromatic nitrogens is 3. The highest BCUT2D eigenvalue weighted by molar-refractivity contribution is 5.91. The van der Waals surface area contributed by atoms with Crippen LogP contribution in [0.2, 0.25) is 0 Å². The van der Waals surface area contributed by atoms with Crippen molar-refractivity contribution in [2.45, 2.75) is 32.5 Å². The van der Waals surface area contributed by atoms with E-state index in [4.69, 9.17) is 0 Å². The fourth-order valence-electron chi connectivity index (χ4n) is 3.10. The Balaban J connectivity index is 1.74. The standard InChI is InChI=1S/C19H24F3N7O/c1-11-12(2)27-17(29-16(11)24-7-5-13-8-25-26-9-13)18(30)28-15(19(20,21)22)14-4-3-6-23-10-14/h3-4,6,10,13,15,25-26H,5,7-9H2,1-2H3,(H,28,30)(H,24,27,29). The Morgan fingerprint density at radius 1 is 1.27 bits per heavy atom. The molecule has 0 spiro atoms. The maximum atomic E-state index is 13.5. The number of hydrogen-bond acceptors (Lipinski definition) is 7. The van der Waals surface area contributed by atoms with Crippen molar-refractivity contribution in [3.8, 4) is 0 Å². The van der Waals surface area contributed by atoms with Crippen molar-refractivity contribution in [3.05, 3.63) is 47.2 Å². The molecule has 30 heavy (non-hydrogen) atoms. The molecule has 0 bridgehead atoms. The van der Waals surface area contributed by atoms with Gasteiger partial charge in [-0.05, 0) is 32.3 Å². The Morgan fingerprint density at radius 2 is 2.00 bits per heavy atom. The lowest BCUT2D eigenvalue weighted by molar-refractivity contribution is -0.155. The first kappa shape index (κ1) is 21.9. The van der Waals surface area contributed by atoms with E-state index in [1.807, 2.05) is 5.32 Å². The first-order valence-corrected chi connectivity index (χ1v) is 9.58. The van der Waals surface area contributed by atoms with Gasteiger partial charge in [0.05, 0.1) is 0 Å². The van der Waals surface area contributed by atoms with Crippen molar-refractivity contribution < 1.29 is 18.0 Å². The predicted octanol–water partition coefficient (Wildman–Crippen LogP) is 2.05. The molecular weight excluding hydrogens is 399 g/mol. The molecule has 1 aliphatic rings. The minimum absolute atomic E-state index is 0.167. The van der Waals surface area contributed by atoms with Crippen LogP contribution in [0.4, 0.5) is 19.0 Å². The van der Waals surface area contributed by atoms with Gasteiger partial charge in [-0.15, -0.1) is 0 Å². The molecule has 1 atom stereocenters. The highest BCUT2D eigenvalue weighted by Gasteiger charge is 2.42. The number of rotatable bonds is 7.